The molecule has 4 rings (SSSR count). The van der Waals surface area contributed by atoms with Gasteiger partial charge < -0.3 is 10.2 Å². The highest BCUT2D eigenvalue weighted by Crippen LogP contribution is 2.26. The molecule has 138 valence electrons. The van der Waals surface area contributed by atoms with Crippen LogP contribution in [-0.2, 0) is 11.2 Å². The minimum absolute atomic E-state index is 0.0378. The van der Waals surface area contributed by atoms with Gasteiger partial charge in [-0.2, -0.15) is 0 Å². The summed E-state index contributed by atoms with van der Waals surface area (Å²) in [5.41, 5.74) is 4.37. The molecule has 1 N–H and O–H groups in total. The molecule has 0 bridgehead atoms. The summed E-state index contributed by atoms with van der Waals surface area (Å²) in [7, 11) is 0. The van der Waals surface area contributed by atoms with Gasteiger partial charge in [-0.25, -0.2) is 9.97 Å². The lowest BCUT2D eigenvalue weighted by atomic mass is 10.0. The van der Waals surface area contributed by atoms with Crippen LogP contribution in [0.25, 0.3) is 11.6 Å². The van der Waals surface area contributed by atoms with Crippen molar-refractivity contribution in [2.45, 2.75) is 25.7 Å². The molecular weight excluding hydrogens is 356 g/mol. The first-order valence-corrected chi connectivity index (χ1v) is 10.1. The maximum absolute atomic E-state index is 12.6. The van der Waals surface area contributed by atoms with E-state index in [9.17, 15) is 4.79 Å². The van der Waals surface area contributed by atoms with Crippen LogP contribution in [-0.4, -0.2) is 33.9 Å². The Bertz CT molecular complexity index is 914. The van der Waals surface area contributed by atoms with E-state index >= 15 is 0 Å². The highest BCUT2D eigenvalue weighted by Gasteiger charge is 2.16. The minimum atomic E-state index is 0.0378. The molecule has 2 aliphatic heterocycles. The number of allylic oxidation sites excluding steroid dienone is 2. The fourth-order valence-corrected chi connectivity index (χ4v) is 4.07. The Morgan fingerprint density at radius 1 is 1.30 bits per heavy atom. The summed E-state index contributed by atoms with van der Waals surface area (Å²) in [6, 6.07) is 2.09. The van der Waals surface area contributed by atoms with E-state index in [0.717, 1.165) is 54.3 Å². The number of aryl methyl sites for hydroxylation is 1. The molecule has 0 aromatic carbocycles. The van der Waals surface area contributed by atoms with E-state index in [0.29, 0.717) is 6.54 Å². The van der Waals surface area contributed by atoms with Crippen molar-refractivity contribution < 1.29 is 4.79 Å². The van der Waals surface area contributed by atoms with Gasteiger partial charge in [0.05, 0.1) is 0 Å². The van der Waals surface area contributed by atoms with Gasteiger partial charge in [-0.1, -0.05) is 12.7 Å². The van der Waals surface area contributed by atoms with Gasteiger partial charge in [0.15, 0.2) is 0 Å². The monoisotopic (exact) mass is 378 g/mol. The van der Waals surface area contributed by atoms with E-state index in [1.165, 1.54) is 11.1 Å². The zero-order chi connectivity index (χ0) is 18.6. The van der Waals surface area contributed by atoms with E-state index in [4.69, 9.17) is 0 Å². The first-order chi connectivity index (χ1) is 13.2. The van der Waals surface area contributed by atoms with Gasteiger partial charge in [-0.3, -0.25) is 4.79 Å². The number of thiazole rings is 1. The molecule has 6 heteroatoms. The Morgan fingerprint density at radius 3 is 3.07 bits per heavy atom. The second-order valence-electron chi connectivity index (χ2n) is 6.79. The second kappa shape index (κ2) is 7.88. The van der Waals surface area contributed by atoms with Crippen molar-refractivity contribution in [2.75, 3.05) is 18.4 Å². The third-order valence-corrected chi connectivity index (χ3v) is 5.70. The third-order valence-electron chi connectivity index (χ3n) is 4.85. The van der Waals surface area contributed by atoms with Crippen LogP contribution >= 0.6 is 11.3 Å². The van der Waals surface area contributed by atoms with Crippen LogP contribution in [0.5, 0.6) is 0 Å². The predicted molar refractivity (Wildman–Crippen MR) is 110 cm³/mol. The van der Waals surface area contributed by atoms with E-state index in [-0.39, 0.29) is 5.91 Å². The molecule has 0 unspecified atom stereocenters. The van der Waals surface area contributed by atoms with Crippen molar-refractivity contribution in [3.8, 4) is 0 Å². The molecule has 2 aromatic heterocycles. The standard InChI is InChI=1S/C21H22N4OS/c1-15-4-6-18-13-16(14-23-20(18)24-15)5-7-19(26)25-10-2-3-17(8-11-25)21-22-9-12-27-21/h5,7-9,12-14H,1-4,6,10-11H2,(H,23,24)/b7-5+. The molecule has 0 fully saturated rings. The number of pyridine rings is 1. The lowest BCUT2D eigenvalue weighted by Crippen LogP contribution is -2.29. The number of nitrogens with zero attached hydrogens (tertiary/aromatic N) is 3. The molecule has 2 aliphatic rings. The van der Waals surface area contributed by atoms with E-state index in [1.807, 2.05) is 22.6 Å². The van der Waals surface area contributed by atoms with Gasteiger partial charge in [0.2, 0.25) is 5.91 Å². The molecule has 4 heterocycles. The van der Waals surface area contributed by atoms with Gasteiger partial charge in [0, 0.05) is 42.6 Å². The number of carbonyl (C=O) groups is 1. The number of hydrogen-bond acceptors (Lipinski definition) is 5. The normalized spacial score (nSPS) is 17.3. The molecule has 0 radical (unpaired) electrons. The molecule has 1 amide bonds. The number of hydrogen-bond donors (Lipinski definition) is 1. The molecule has 2 aromatic rings. The summed E-state index contributed by atoms with van der Waals surface area (Å²) in [6.45, 7) is 5.35. The number of amides is 1. The SMILES string of the molecule is C=C1CCc2cc(/C=C/C(=O)N3CC=C(c4nccs4)CCC3)cnc2N1. The zero-order valence-corrected chi connectivity index (χ0v) is 16.0. The summed E-state index contributed by atoms with van der Waals surface area (Å²) in [4.78, 5) is 23.3. The van der Waals surface area contributed by atoms with Gasteiger partial charge >= 0.3 is 0 Å². The van der Waals surface area contributed by atoms with E-state index < -0.39 is 0 Å². The molecule has 0 saturated heterocycles. The van der Waals surface area contributed by atoms with Crippen LogP contribution in [0, 0.1) is 0 Å². The smallest absolute Gasteiger partial charge is 0.246 e. The van der Waals surface area contributed by atoms with Gasteiger partial charge in [0.1, 0.15) is 10.8 Å². The lowest BCUT2D eigenvalue weighted by molar-refractivity contribution is -0.125. The van der Waals surface area contributed by atoms with Gasteiger partial charge in [-0.05, 0) is 54.5 Å². The highest BCUT2D eigenvalue weighted by molar-refractivity contribution is 7.10. The Balaban J connectivity index is 1.42. The zero-order valence-electron chi connectivity index (χ0n) is 15.1. The van der Waals surface area contributed by atoms with Crippen LogP contribution in [0.4, 0.5) is 5.82 Å². The van der Waals surface area contributed by atoms with Crippen molar-refractivity contribution in [2.24, 2.45) is 0 Å². The van der Waals surface area contributed by atoms with Crippen molar-refractivity contribution in [1.29, 1.82) is 0 Å². The first-order valence-electron chi connectivity index (χ1n) is 9.18. The highest BCUT2D eigenvalue weighted by atomic mass is 32.1. The van der Waals surface area contributed by atoms with Crippen LogP contribution in [0.1, 0.15) is 35.4 Å². The molecule has 0 spiro atoms. The van der Waals surface area contributed by atoms with Crippen LogP contribution in [0.15, 0.2) is 48.3 Å². The average Bonchev–Trinajstić information content (AvgIpc) is 3.10. The quantitative estimate of drug-likeness (QED) is 0.816. The van der Waals surface area contributed by atoms with Crippen LogP contribution in [0.2, 0.25) is 0 Å². The largest absolute Gasteiger partial charge is 0.344 e. The molecule has 27 heavy (non-hydrogen) atoms. The van der Waals surface area contributed by atoms with Crippen molar-refractivity contribution in [1.82, 2.24) is 14.9 Å². The summed E-state index contributed by atoms with van der Waals surface area (Å²) >= 11 is 1.65. The summed E-state index contributed by atoms with van der Waals surface area (Å²) in [5.74, 6) is 0.915. The number of carbonyl (C=O) groups excluding carboxylic acids is 1. The van der Waals surface area contributed by atoms with E-state index in [1.54, 1.807) is 23.6 Å². The maximum atomic E-state index is 12.6. The Hall–Kier alpha value is -2.73. The molecular formula is C21H22N4OS. The van der Waals surface area contributed by atoms with Crippen molar-refractivity contribution >= 4 is 34.7 Å². The molecule has 0 saturated carbocycles. The fraction of sp³-hybridized carbons (Fsp3) is 0.286. The number of anilines is 1. The lowest BCUT2D eigenvalue weighted by Gasteiger charge is -2.19. The predicted octanol–water partition coefficient (Wildman–Crippen LogP) is 4.13. The van der Waals surface area contributed by atoms with Crippen LogP contribution in [0.3, 0.4) is 0 Å². The summed E-state index contributed by atoms with van der Waals surface area (Å²) < 4.78 is 0. The van der Waals surface area contributed by atoms with Crippen molar-refractivity contribution in [3.63, 3.8) is 0 Å². The van der Waals surface area contributed by atoms with Crippen molar-refractivity contribution in [3.05, 3.63) is 64.4 Å². The topological polar surface area (TPSA) is 58.1 Å². The Kier molecular flexibility index (Phi) is 5.16. The fourth-order valence-electron chi connectivity index (χ4n) is 3.36. The molecule has 5 nitrogen and oxygen atoms in total. The maximum Gasteiger partial charge on any atom is 0.246 e. The van der Waals surface area contributed by atoms with Gasteiger partial charge in [-0.15, -0.1) is 11.3 Å². The number of aromatic nitrogens is 2. The van der Waals surface area contributed by atoms with Gasteiger partial charge in [0.25, 0.3) is 0 Å². The summed E-state index contributed by atoms with van der Waals surface area (Å²) in [6.07, 6.45) is 13.0. The number of nitrogens with one attached hydrogen (secondary N) is 1. The second-order valence-corrected chi connectivity index (χ2v) is 7.69. The number of fused-ring (bicyclic) bond motifs is 1. The van der Waals surface area contributed by atoms with E-state index in [2.05, 4.69) is 34.0 Å². The molecule has 0 aliphatic carbocycles. The Labute approximate surface area is 163 Å². The Morgan fingerprint density at radius 2 is 2.22 bits per heavy atom. The summed E-state index contributed by atoms with van der Waals surface area (Å²) in [5, 5.41) is 6.27. The molecule has 0 atom stereocenters. The average molecular weight is 379 g/mol. The minimum Gasteiger partial charge on any atom is -0.344 e. The first kappa shape index (κ1) is 17.7. The number of rotatable bonds is 3. The third kappa shape index (κ3) is 4.17. The van der Waals surface area contributed by atoms with Crippen LogP contribution < -0.4 is 5.32 Å².